The van der Waals surface area contributed by atoms with Crippen LogP contribution >= 0.6 is 23.2 Å². The summed E-state index contributed by atoms with van der Waals surface area (Å²) in [6.07, 6.45) is 13.2. The maximum atomic E-state index is 6.52. The van der Waals surface area contributed by atoms with Crippen LogP contribution in [0, 0.1) is 0 Å². The van der Waals surface area contributed by atoms with E-state index in [4.69, 9.17) is 23.2 Å². The zero-order chi connectivity index (χ0) is 17.9. The van der Waals surface area contributed by atoms with Crippen LogP contribution in [-0.2, 0) is 4.46 Å². The van der Waals surface area contributed by atoms with Crippen molar-refractivity contribution in [3.8, 4) is 0 Å². The quantitative estimate of drug-likeness (QED) is 0.214. The number of alkyl halides is 2. The number of benzene rings is 1. The minimum Gasteiger partial charge on any atom is -0.277 e. The first-order valence-corrected chi connectivity index (χ1v) is 10.4. The van der Waals surface area contributed by atoms with Crippen molar-refractivity contribution in [1.29, 1.82) is 0 Å². The Bertz CT molecular complexity index is 429. The highest BCUT2D eigenvalue weighted by Crippen LogP contribution is 2.34. The van der Waals surface area contributed by atoms with Crippen molar-refractivity contribution in [3.63, 3.8) is 0 Å². The van der Waals surface area contributed by atoms with Gasteiger partial charge in [0.25, 0.3) is 0 Å². The van der Waals surface area contributed by atoms with Crippen molar-refractivity contribution in [2.24, 2.45) is 0 Å². The van der Waals surface area contributed by atoms with Gasteiger partial charge in [-0.3, -0.25) is 5.32 Å². The van der Waals surface area contributed by atoms with Crippen molar-refractivity contribution in [2.45, 2.75) is 95.0 Å². The summed E-state index contributed by atoms with van der Waals surface area (Å²) in [6, 6.07) is 9.82. The summed E-state index contributed by atoms with van der Waals surface area (Å²) < 4.78 is -1.04. The molecule has 0 amide bonds. The van der Waals surface area contributed by atoms with Crippen LogP contribution in [0.2, 0.25) is 0 Å². The molecule has 1 aromatic rings. The molecule has 0 aromatic heterocycles. The normalized spacial score (nSPS) is 12.5. The van der Waals surface area contributed by atoms with Crippen molar-refractivity contribution in [1.82, 2.24) is 5.32 Å². The highest BCUT2D eigenvalue weighted by atomic mass is 35.5. The summed E-state index contributed by atoms with van der Waals surface area (Å²) >= 11 is 13.0. The van der Waals surface area contributed by atoms with Gasteiger partial charge in [0.1, 0.15) is 0 Å². The van der Waals surface area contributed by atoms with Crippen LogP contribution < -0.4 is 5.32 Å². The van der Waals surface area contributed by atoms with E-state index >= 15 is 0 Å². The lowest BCUT2D eigenvalue weighted by Crippen LogP contribution is -2.47. The molecule has 0 saturated heterocycles. The van der Waals surface area contributed by atoms with Gasteiger partial charge in [-0.1, -0.05) is 118 Å². The number of nitrogens with one attached hydrogen (secondary N) is 1. The Morgan fingerprint density at radius 3 is 1.83 bits per heavy atom. The third-order valence-corrected chi connectivity index (χ3v) is 5.16. The topological polar surface area (TPSA) is 12.0 Å². The van der Waals surface area contributed by atoms with Gasteiger partial charge in [-0.2, -0.15) is 0 Å². The molecule has 0 atom stereocenters. The Morgan fingerprint density at radius 1 is 0.792 bits per heavy atom. The van der Waals surface area contributed by atoms with Gasteiger partial charge in [0.05, 0.1) is 0 Å². The fourth-order valence-corrected chi connectivity index (χ4v) is 3.85. The highest BCUT2D eigenvalue weighted by Gasteiger charge is 2.32. The zero-order valence-electron chi connectivity index (χ0n) is 15.7. The Kier molecular flexibility index (Phi) is 10.3. The van der Waals surface area contributed by atoms with Gasteiger partial charge < -0.3 is 0 Å². The number of hydrogen-bond acceptors (Lipinski definition) is 1. The van der Waals surface area contributed by atoms with Gasteiger partial charge in [-0.15, -0.1) is 0 Å². The predicted octanol–water partition coefficient (Wildman–Crippen LogP) is 7.56. The van der Waals surface area contributed by atoms with E-state index in [0.717, 1.165) is 12.0 Å². The van der Waals surface area contributed by atoms with Crippen LogP contribution in [0.5, 0.6) is 0 Å². The molecule has 1 rings (SSSR count). The van der Waals surface area contributed by atoms with Crippen molar-refractivity contribution < 1.29 is 0 Å². The second-order valence-electron chi connectivity index (χ2n) is 7.53. The molecule has 24 heavy (non-hydrogen) atoms. The molecule has 0 radical (unpaired) electrons. The fraction of sp³-hybridized carbons (Fsp3) is 0.714. The summed E-state index contributed by atoms with van der Waals surface area (Å²) in [5, 5.41) is 3.41. The van der Waals surface area contributed by atoms with E-state index in [1.807, 2.05) is 30.3 Å². The predicted molar refractivity (Wildman–Crippen MR) is 109 cm³/mol. The van der Waals surface area contributed by atoms with Crippen LogP contribution in [0.4, 0.5) is 0 Å². The molecular formula is C21H35Cl2N. The minimum absolute atomic E-state index is 0.0829. The van der Waals surface area contributed by atoms with Gasteiger partial charge in [-0.25, -0.2) is 0 Å². The molecule has 138 valence electrons. The summed E-state index contributed by atoms with van der Waals surface area (Å²) in [4.78, 5) is 0. The number of unbranched alkanes of at least 4 members (excludes halogenated alkanes) is 8. The number of halogens is 2. The van der Waals surface area contributed by atoms with Gasteiger partial charge in [0.2, 0.25) is 0 Å². The molecule has 0 aliphatic rings. The van der Waals surface area contributed by atoms with E-state index in [1.165, 1.54) is 57.8 Å². The lowest BCUT2D eigenvalue weighted by molar-refractivity contribution is 0.323. The van der Waals surface area contributed by atoms with Crippen molar-refractivity contribution >= 4 is 23.2 Å². The van der Waals surface area contributed by atoms with E-state index in [1.54, 1.807) is 0 Å². The highest BCUT2D eigenvalue weighted by molar-refractivity contribution is 6.47. The van der Waals surface area contributed by atoms with E-state index in [-0.39, 0.29) is 5.54 Å². The molecule has 0 unspecified atom stereocenters. The second-order valence-corrected chi connectivity index (χ2v) is 8.86. The van der Waals surface area contributed by atoms with E-state index in [9.17, 15) is 0 Å². The first kappa shape index (κ1) is 21.8. The Hall–Kier alpha value is -0.240. The molecule has 1 nitrogen and oxygen atoms in total. The first-order chi connectivity index (χ1) is 11.4. The van der Waals surface area contributed by atoms with E-state index in [2.05, 4.69) is 26.1 Å². The summed E-state index contributed by atoms with van der Waals surface area (Å²) in [5.41, 5.74) is 0.814. The molecule has 0 aliphatic heterocycles. The molecule has 0 saturated carbocycles. The molecule has 1 N–H and O–H groups in total. The number of rotatable bonds is 13. The fourth-order valence-electron chi connectivity index (χ4n) is 3.08. The summed E-state index contributed by atoms with van der Waals surface area (Å²) in [6.45, 7) is 6.63. The van der Waals surface area contributed by atoms with Crippen LogP contribution in [0.15, 0.2) is 30.3 Å². The van der Waals surface area contributed by atoms with Gasteiger partial charge >= 0.3 is 0 Å². The smallest absolute Gasteiger partial charge is 0.195 e. The number of hydrogen-bond donors (Lipinski definition) is 1. The van der Waals surface area contributed by atoms with Gasteiger partial charge in [0, 0.05) is 11.1 Å². The third-order valence-electron chi connectivity index (χ3n) is 4.54. The molecule has 3 heteroatoms. The van der Waals surface area contributed by atoms with Crippen LogP contribution in [0.3, 0.4) is 0 Å². The van der Waals surface area contributed by atoms with E-state index < -0.39 is 4.46 Å². The average Bonchev–Trinajstić information content (AvgIpc) is 2.53. The van der Waals surface area contributed by atoms with E-state index in [0.29, 0.717) is 0 Å². The zero-order valence-corrected chi connectivity index (χ0v) is 17.2. The first-order valence-electron chi connectivity index (χ1n) is 9.60. The average molecular weight is 372 g/mol. The Balaban J connectivity index is 2.22. The minimum atomic E-state index is -1.04. The molecular weight excluding hydrogens is 337 g/mol. The molecule has 0 bridgehead atoms. The maximum absolute atomic E-state index is 6.52. The maximum Gasteiger partial charge on any atom is 0.195 e. The largest absolute Gasteiger partial charge is 0.277 e. The summed E-state index contributed by atoms with van der Waals surface area (Å²) in [5.74, 6) is 0. The molecule has 1 aromatic carbocycles. The van der Waals surface area contributed by atoms with Crippen LogP contribution in [0.25, 0.3) is 0 Å². The Morgan fingerprint density at radius 2 is 1.29 bits per heavy atom. The van der Waals surface area contributed by atoms with Crippen molar-refractivity contribution in [2.75, 3.05) is 0 Å². The van der Waals surface area contributed by atoms with Gasteiger partial charge in [0.15, 0.2) is 4.46 Å². The van der Waals surface area contributed by atoms with Gasteiger partial charge in [-0.05, 0) is 20.3 Å². The standard InChI is InChI=1S/C21H35Cl2N/c1-4-5-6-7-8-9-10-11-15-18-20(2,3)24-21(22,23)19-16-13-12-14-17-19/h12-14,16-17,24H,4-11,15,18H2,1-3H3. The van der Waals surface area contributed by atoms with Crippen LogP contribution in [0.1, 0.15) is 90.5 Å². The van der Waals surface area contributed by atoms with Crippen LogP contribution in [-0.4, -0.2) is 5.54 Å². The molecule has 0 heterocycles. The Labute approximate surface area is 159 Å². The lowest BCUT2D eigenvalue weighted by Gasteiger charge is -2.34. The third kappa shape index (κ3) is 9.30. The lowest BCUT2D eigenvalue weighted by atomic mass is 9.95. The van der Waals surface area contributed by atoms with Crippen molar-refractivity contribution in [3.05, 3.63) is 35.9 Å². The second kappa shape index (κ2) is 11.4. The molecule has 0 spiro atoms. The summed E-state index contributed by atoms with van der Waals surface area (Å²) in [7, 11) is 0. The molecule has 0 aliphatic carbocycles. The SMILES string of the molecule is CCCCCCCCCCCC(C)(C)NC(Cl)(Cl)c1ccccc1. The monoisotopic (exact) mass is 371 g/mol. The molecule has 0 fully saturated rings.